The molecule has 1 amide bonds. The lowest BCUT2D eigenvalue weighted by molar-refractivity contribution is -0.384. The summed E-state index contributed by atoms with van der Waals surface area (Å²) in [5.74, 6) is -0.878. The number of nitro groups is 1. The second kappa shape index (κ2) is 7.06. The smallest absolute Gasteiger partial charge is 0.271 e. The molecule has 1 N–H and O–H groups in total. The van der Waals surface area contributed by atoms with Gasteiger partial charge in [0.25, 0.3) is 11.6 Å². The molecule has 6 nitrogen and oxygen atoms in total. The number of nitrogens with one attached hydrogen (secondary N) is 1. The Morgan fingerprint density at radius 2 is 2.09 bits per heavy atom. The first kappa shape index (κ1) is 16.7. The highest BCUT2D eigenvalue weighted by molar-refractivity contribution is 6.32. The molecule has 0 radical (unpaired) electrons. The molecule has 0 bridgehead atoms. The lowest BCUT2D eigenvalue weighted by atomic mass is 10.2. The molecular weight excluding hydrogens is 327 g/mol. The molecule has 0 spiro atoms. The van der Waals surface area contributed by atoms with Crippen LogP contribution in [0.5, 0.6) is 5.75 Å². The Balaban J connectivity index is 2.05. The monoisotopic (exact) mass is 338 g/mol. The average Bonchev–Trinajstić information content (AvgIpc) is 2.50. The molecule has 8 heteroatoms. The molecule has 120 valence electrons. The number of non-ortho nitro benzene ring substituents is 1. The fraction of sp³-hybridized carbons (Fsp3) is 0.133. The van der Waals surface area contributed by atoms with Gasteiger partial charge in [0.1, 0.15) is 11.6 Å². The standard InChI is InChI=1S/C15H12ClFN2O4/c1-9(23-14-6-5-10(17)7-13(14)16)15(20)18-11-3-2-4-12(8-11)19(21)22/h2-9H,1H3,(H,18,20)/t9-/m1/s1. The molecule has 0 fully saturated rings. The van der Waals surface area contributed by atoms with Crippen molar-refractivity contribution in [3.8, 4) is 5.75 Å². The maximum absolute atomic E-state index is 13.0. The summed E-state index contributed by atoms with van der Waals surface area (Å²) in [6.07, 6.45) is -0.933. The van der Waals surface area contributed by atoms with Gasteiger partial charge in [-0.3, -0.25) is 14.9 Å². The first-order chi connectivity index (χ1) is 10.9. The number of nitrogens with zero attached hydrogens (tertiary/aromatic N) is 1. The van der Waals surface area contributed by atoms with Crippen LogP contribution in [0.25, 0.3) is 0 Å². The van der Waals surface area contributed by atoms with Crippen molar-refractivity contribution < 1.29 is 18.8 Å². The number of ether oxygens (including phenoxy) is 1. The second-order valence-electron chi connectivity index (χ2n) is 4.63. The second-order valence-corrected chi connectivity index (χ2v) is 5.04. The molecule has 0 saturated carbocycles. The Labute approximate surface area is 136 Å². The van der Waals surface area contributed by atoms with Crippen molar-refractivity contribution in [1.82, 2.24) is 0 Å². The molecule has 0 unspecified atom stereocenters. The van der Waals surface area contributed by atoms with Crippen molar-refractivity contribution in [2.75, 3.05) is 5.32 Å². The molecular formula is C15H12ClFN2O4. The number of halogens is 2. The minimum Gasteiger partial charge on any atom is -0.479 e. The van der Waals surface area contributed by atoms with E-state index in [1.807, 2.05) is 0 Å². The predicted molar refractivity (Wildman–Crippen MR) is 83.2 cm³/mol. The van der Waals surface area contributed by atoms with E-state index in [9.17, 15) is 19.3 Å². The third-order valence-electron chi connectivity index (χ3n) is 2.89. The average molecular weight is 339 g/mol. The van der Waals surface area contributed by atoms with Crippen LogP contribution in [0.1, 0.15) is 6.92 Å². The third-order valence-corrected chi connectivity index (χ3v) is 3.19. The lowest BCUT2D eigenvalue weighted by Gasteiger charge is -2.15. The van der Waals surface area contributed by atoms with Crippen molar-refractivity contribution in [2.45, 2.75) is 13.0 Å². The number of rotatable bonds is 5. The van der Waals surface area contributed by atoms with Gasteiger partial charge >= 0.3 is 0 Å². The van der Waals surface area contributed by atoms with Gasteiger partial charge < -0.3 is 10.1 Å². The predicted octanol–water partition coefficient (Wildman–Crippen LogP) is 3.79. The number of hydrogen-bond acceptors (Lipinski definition) is 4. The highest BCUT2D eigenvalue weighted by atomic mass is 35.5. The minimum atomic E-state index is -0.933. The van der Waals surface area contributed by atoms with Crippen LogP contribution in [0.2, 0.25) is 5.02 Å². The van der Waals surface area contributed by atoms with Gasteiger partial charge in [-0.2, -0.15) is 0 Å². The van der Waals surface area contributed by atoms with Gasteiger partial charge in [-0.05, 0) is 31.2 Å². The van der Waals surface area contributed by atoms with Crippen LogP contribution >= 0.6 is 11.6 Å². The molecule has 23 heavy (non-hydrogen) atoms. The fourth-order valence-corrected chi connectivity index (χ4v) is 1.97. The summed E-state index contributed by atoms with van der Waals surface area (Å²) in [6.45, 7) is 1.48. The number of hydrogen-bond donors (Lipinski definition) is 1. The first-order valence-electron chi connectivity index (χ1n) is 6.54. The van der Waals surface area contributed by atoms with E-state index in [1.54, 1.807) is 0 Å². The van der Waals surface area contributed by atoms with Crippen LogP contribution in [0.4, 0.5) is 15.8 Å². The zero-order chi connectivity index (χ0) is 17.0. The maximum atomic E-state index is 13.0. The summed E-state index contributed by atoms with van der Waals surface area (Å²) in [5.41, 5.74) is 0.128. The van der Waals surface area contributed by atoms with Gasteiger partial charge in [0.15, 0.2) is 6.10 Å². The molecule has 0 aromatic heterocycles. The van der Waals surface area contributed by atoms with E-state index in [0.29, 0.717) is 0 Å². The number of nitro benzene ring substituents is 1. The summed E-state index contributed by atoms with van der Waals surface area (Å²) >= 11 is 5.82. The lowest BCUT2D eigenvalue weighted by Crippen LogP contribution is -2.30. The Kier molecular flexibility index (Phi) is 5.13. The summed E-state index contributed by atoms with van der Waals surface area (Å²) in [5, 5.41) is 13.2. The van der Waals surface area contributed by atoms with Crippen molar-refractivity contribution in [3.63, 3.8) is 0 Å². The van der Waals surface area contributed by atoms with E-state index >= 15 is 0 Å². The van der Waals surface area contributed by atoms with E-state index < -0.39 is 22.8 Å². The minimum absolute atomic E-state index is 0.0417. The van der Waals surface area contributed by atoms with E-state index in [0.717, 1.165) is 12.1 Å². The summed E-state index contributed by atoms with van der Waals surface area (Å²) in [6, 6.07) is 9.06. The van der Waals surface area contributed by atoms with E-state index in [4.69, 9.17) is 16.3 Å². The fourth-order valence-electron chi connectivity index (χ4n) is 1.76. The van der Waals surface area contributed by atoms with Gasteiger partial charge in [-0.25, -0.2) is 4.39 Å². The quantitative estimate of drug-likeness (QED) is 0.664. The van der Waals surface area contributed by atoms with Crippen LogP contribution in [0, 0.1) is 15.9 Å². The highest BCUT2D eigenvalue weighted by Crippen LogP contribution is 2.26. The zero-order valence-corrected chi connectivity index (χ0v) is 12.7. The van der Waals surface area contributed by atoms with E-state index in [1.165, 1.54) is 37.3 Å². The van der Waals surface area contributed by atoms with Gasteiger partial charge in [-0.15, -0.1) is 0 Å². The van der Waals surface area contributed by atoms with E-state index in [2.05, 4.69) is 5.32 Å². The van der Waals surface area contributed by atoms with Gasteiger partial charge in [0.2, 0.25) is 0 Å². The molecule has 0 aliphatic rings. The van der Waals surface area contributed by atoms with Crippen LogP contribution in [-0.2, 0) is 4.79 Å². The number of amides is 1. The molecule has 2 aromatic rings. The third kappa shape index (κ3) is 4.40. The Bertz CT molecular complexity index is 754. The van der Waals surface area contributed by atoms with Crippen LogP contribution < -0.4 is 10.1 Å². The Morgan fingerprint density at radius 1 is 1.35 bits per heavy atom. The van der Waals surface area contributed by atoms with Crippen LogP contribution in [0.3, 0.4) is 0 Å². The number of carbonyl (C=O) groups excluding carboxylic acids is 1. The maximum Gasteiger partial charge on any atom is 0.271 e. The zero-order valence-electron chi connectivity index (χ0n) is 12.0. The molecule has 0 aliphatic carbocycles. The first-order valence-corrected chi connectivity index (χ1v) is 6.91. The molecule has 0 saturated heterocycles. The van der Waals surface area contributed by atoms with Gasteiger partial charge in [-0.1, -0.05) is 17.7 Å². The Hall–Kier alpha value is -2.67. The van der Waals surface area contributed by atoms with Crippen LogP contribution in [-0.4, -0.2) is 16.9 Å². The van der Waals surface area contributed by atoms with Gasteiger partial charge in [0.05, 0.1) is 9.95 Å². The number of benzene rings is 2. The van der Waals surface area contributed by atoms with Crippen molar-refractivity contribution in [1.29, 1.82) is 0 Å². The molecule has 0 aliphatic heterocycles. The summed E-state index contributed by atoms with van der Waals surface area (Å²) in [4.78, 5) is 22.2. The number of anilines is 1. The number of carbonyl (C=O) groups is 1. The molecule has 2 rings (SSSR count). The molecule has 2 aromatic carbocycles. The van der Waals surface area contributed by atoms with Crippen molar-refractivity contribution >= 4 is 28.9 Å². The van der Waals surface area contributed by atoms with Gasteiger partial charge in [0, 0.05) is 17.8 Å². The molecule has 1 atom stereocenters. The van der Waals surface area contributed by atoms with E-state index in [-0.39, 0.29) is 22.1 Å². The topological polar surface area (TPSA) is 81.5 Å². The molecule has 0 heterocycles. The Morgan fingerprint density at radius 3 is 2.74 bits per heavy atom. The summed E-state index contributed by atoms with van der Waals surface area (Å²) in [7, 11) is 0. The normalized spacial score (nSPS) is 11.6. The highest BCUT2D eigenvalue weighted by Gasteiger charge is 2.17. The van der Waals surface area contributed by atoms with Crippen molar-refractivity contribution in [3.05, 3.63) is 63.4 Å². The van der Waals surface area contributed by atoms with Crippen molar-refractivity contribution in [2.24, 2.45) is 0 Å². The largest absolute Gasteiger partial charge is 0.479 e. The van der Waals surface area contributed by atoms with Crippen LogP contribution in [0.15, 0.2) is 42.5 Å². The SMILES string of the molecule is C[C@@H](Oc1ccc(F)cc1Cl)C(=O)Nc1cccc([N+](=O)[O-])c1. The summed E-state index contributed by atoms with van der Waals surface area (Å²) < 4.78 is 18.3.